The first kappa shape index (κ1) is 15.5. The number of aliphatic hydroxyl groups excluding tert-OH is 1. The summed E-state index contributed by atoms with van der Waals surface area (Å²) in [4.78, 5) is 2.32. The van der Waals surface area contributed by atoms with E-state index in [-0.39, 0.29) is 6.61 Å². The van der Waals surface area contributed by atoms with Crippen molar-refractivity contribution < 1.29 is 5.11 Å². The van der Waals surface area contributed by atoms with Crippen molar-refractivity contribution in [2.45, 2.75) is 51.7 Å². The second-order valence-electron chi connectivity index (χ2n) is 6.12. The molecule has 1 aromatic carbocycles. The molecule has 0 fully saturated rings. The summed E-state index contributed by atoms with van der Waals surface area (Å²) < 4.78 is 0. The molecule has 1 atom stereocenters. The van der Waals surface area contributed by atoms with Crippen LogP contribution in [0.25, 0.3) is 0 Å². The zero-order chi connectivity index (χ0) is 14.5. The Hall–Kier alpha value is -0.900. The molecule has 0 aromatic heterocycles. The van der Waals surface area contributed by atoms with E-state index >= 15 is 0 Å². The van der Waals surface area contributed by atoms with Crippen LogP contribution in [0.3, 0.4) is 0 Å². The van der Waals surface area contributed by atoms with Crippen molar-refractivity contribution in [2.24, 2.45) is 0 Å². The predicted octanol–water partition coefficient (Wildman–Crippen LogP) is 1.97. The molecule has 1 aliphatic carbocycles. The highest BCUT2D eigenvalue weighted by atomic mass is 16.3. The normalized spacial score (nSPS) is 18.6. The maximum absolute atomic E-state index is 9.16. The predicted molar refractivity (Wildman–Crippen MR) is 83.9 cm³/mol. The van der Waals surface area contributed by atoms with Gasteiger partial charge in [0.15, 0.2) is 0 Å². The summed E-state index contributed by atoms with van der Waals surface area (Å²) in [7, 11) is 2.05. The number of nitrogens with one attached hydrogen (secondary N) is 1. The Balaban J connectivity index is 2.07. The van der Waals surface area contributed by atoms with Crippen LogP contribution >= 0.6 is 0 Å². The molecule has 1 aliphatic rings. The lowest BCUT2D eigenvalue weighted by atomic mass is 9.87. The Bertz CT molecular complexity index is 431. The van der Waals surface area contributed by atoms with E-state index in [0.717, 1.165) is 19.5 Å². The molecule has 112 valence electrons. The topological polar surface area (TPSA) is 35.5 Å². The standard InChI is InChI=1S/C17H28N2O/c1-13(2)19(8-9-20)12-14-4-5-16-11-17(18-3)7-6-15(16)10-14/h4-5,10,13,17-18,20H,6-9,11-12H2,1-3H3. The molecule has 1 aromatic rings. The molecule has 0 saturated heterocycles. The van der Waals surface area contributed by atoms with Crippen LogP contribution in [0.1, 0.15) is 37.0 Å². The quantitative estimate of drug-likeness (QED) is 0.834. The molecule has 2 rings (SSSR count). The summed E-state index contributed by atoms with van der Waals surface area (Å²) >= 11 is 0. The van der Waals surface area contributed by atoms with E-state index in [1.54, 1.807) is 0 Å². The zero-order valence-electron chi connectivity index (χ0n) is 13.0. The van der Waals surface area contributed by atoms with E-state index in [1.807, 2.05) is 0 Å². The molecule has 0 aliphatic heterocycles. The average molecular weight is 276 g/mol. The van der Waals surface area contributed by atoms with Crippen molar-refractivity contribution in [3.63, 3.8) is 0 Å². The van der Waals surface area contributed by atoms with Gasteiger partial charge in [0.1, 0.15) is 0 Å². The van der Waals surface area contributed by atoms with E-state index in [0.29, 0.717) is 12.1 Å². The number of benzene rings is 1. The Morgan fingerprint density at radius 3 is 2.80 bits per heavy atom. The van der Waals surface area contributed by atoms with Gasteiger partial charge in [-0.1, -0.05) is 18.2 Å². The lowest BCUT2D eigenvalue weighted by Gasteiger charge is -2.28. The van der Waals surface area contributed by atoms with Crippen molar-refractivity contribution in [1.29, 1.82) is 0 Å². The molecule has 0 heterocycles. The number of aliphatic hydroxyl groups is 1. The van der Waals surface area contributed by atoms with Gasteiger partial charge in [0.25, 0.3) is 0 Å². The lowest BCUT2D eigenvalue weighted by Crippen LogP contribution is -2.33. The Kier molecular flexibility index (Phi) is 5.58. The second-order valence-corrected chi connectivity index (χ2v) is 6.12. The van der Waals surface area contributed by atoms with Crippen LogP contribution in [0.5, 0.6) is 0 Å². The van der Waals surface area contributed by atoms with Crippen molar-refractivity contribution >= 4 is 0 Å². The van der Waals surface area contributed by atoms with Gasteiger partial charge in [0.2, 0.25) is 0 Å². The number of nitrogens with zero attached hydrogens (tertiary/aromatic N) is 1. The Morgan fingerprint density at radius 2 is 2.15 bits per heavy atom. The van der Waals surface area contributed by atoms with Crippen molar-refractivity contribution in [3.8, 4) is 0 Å². The van der Waals surface area contributed by atoms with E-state index in [4.69, 9.17) is 5.11 Å². The Morgan fingerprint density at radius 1 is 1.35 bits per heavy atom. The minimum Gasteiger partial charge on any atom is -0.395 e. The van der Waals surface area contributed by atoms with E-state index in [1.165, 1.54) is 29.5 Å². The van der Waals surface area contributed by atoms with Gasteiger partial charge in [-0.3, -0.25) is 4.90 Å². The van der Waals surface area contributed by atoms with Gasteiger partial charge in [0, 0.05) is 25.2 Å². The number of fused-ring (bicyclic) bond motifs is 1. The summed E-state index contributed by atoms with van der Waals surface area (Å²) in [6.07, 6.45) is 3.56. The minimum atomic E-state index is 0.229. The van der Waals surface area contributed by atoms with E-state index in [2.05, 4.69) is 49.3 Å². The third-order valence-corrected chi connectivity index (χ3v) is 4.41. The summed E-state index contributed by atoms with van der Waals surface area (Å²) in [6.45, 7) is 6.28. The molecule has 1 unspecified atom stereocenters. The van der Waals surface area contributed by atoms with Crippen molar-refractivity contribution in [1.82, 2.24) is 10.2 Å². The van der Waals surface area contributed by atoms with Gasteiger partial charge >= 0.3 is 0 Å². The number of hydrogen-bond acceptors (Lipinski definition) is 3. The van der Waals surface area contributed by atoms with Gasteiger partial charge in [-0.25, -0.2) is 0 Å². The van der Waals surface area contributed by atoms with Crippen molar-refractivity contribution in [2.75, 3.05) is 20.2 Å². The van der Waals surface area contributed by atoms with E-state index < -0.39 is 0 Å². The minimum absolute atomic E-state index is 0.229. The molecule has 0 bridgehead atoms. The van der Waals surface area contributed by atoms with Crippen LogP contribution in [0, 0.1) is 0 Å². The van der Waals surface area contributed by atoms with Crippen LogP contribution < -0.4 is 5.32 Å². The summed E-state index contributed by atoms with van der Waals surface area (Å²) in [5, 5.41) is 12.6. The molecular weight excluding hydrogens is 248 g/mol. The molecule has 0 amide bonds. The molecule has 3 nitrogen and oxygen atoms in total. The molecule has 20 heavy (non-hydrogen) atoms. The average Bonchev–Trinajstić information content (AvgIpc) is 2.46. The highest BCUT2D eigenvalue weighted by Gasteiger charge is 2.18. The SMILES string of the molecule is CNC1CCc2cc(CN(CCO)C(C)C)ccc2C1. The van der Waals surface area contributed by atoms with E-state index in [9.17, 15) is 0 Å². The molecule has 0 saturated carbocycles. The third-order valence-electron chi connectivity index (χ3n) is 4.41. The fourth-order valence-corrected chi connectivity index (χ4v) is 3.04. The van der Waals surface area contributed by atoms with Gasteiger partial charge < -0.3 is 10.4 Å². The first-order valence-electron chi connectivity index (χ1n) is 7.77. The molecular formula is C17H28N2O. The highest BCUT2D eigenvalue weighted by Crippen LogP contribution is 2.23. The monoisotopic (exact) mass is 276 g/mol. The zero-order valence-corrected chi connectivity index (χ0v) is 13.0. The second kappa shape index (κ2) is 7.21. The molecule has 3 heteroatoms. The van der Waals surface area contributed by atoms with Gasteiger partial charge in [-0.05, 0) is 56.8 Å². The fraction of sp³-hybridized carbons (Fsp3) is 0.647. The molecule has 0 spiro atoms. The number of hydrogen-bond donors (Lipinski definition) is 2. The molecule has 0 radical (unpaired) electrons. The van der Waals surface area contributed by atoms with Crippen LogP contribution in [-0.4, -0.2) is 42.3 Å². The van der Waals surface area contributed by atoms with Crippen LogP contribution in [0.4, 0.5) is 0 Å². The summed E-state index contributed by atoms with van der Waals surface area (Å²) in [5.41, 5.74) is 4.38. The van der Waals surface area contributed by atoms with Crippen molar-refractivity contribution in [3.05, 3.63) is 34.9 Å². The first-order chi connectivity index (χ1) is 9.63. The van der Waals surface area contributed by atoms with Gasteiger partial charge in [-0.2, -0.15) is 0 Å². The van der Waals surface area contributed by atoms with Gasteiger partial charge in [0.05, 0.1) is 6.61 Å². The maximum atomic E-state index is 9.16. The third kappa shape index (κ3) is 3.81. The van der Waals surface area contributed by atoms with Crippen LogP contribution in [0.2, 0.25) is 0 Å². The van der Waals surface area contributed by atoms with Gasteiger partial charge in [-0.15, -0.1) is 0 Å². The fourth-order valence-electron chi connectivity index (χ4n) is 3.04. The number of aryl methyl sites for hydroxylation is 1. The highest BCUT2D eigenvalue weighted by molar-refractivity contribution is 5.34. The number of likely N-dealkylation sites (N-methyl/N-ethyl adjacent to an activating group) is 1. The summed E-state index contributed by atoms with van der Waals surface area (Å²) in [5.74, 6) is 0. The smallest absolute Gasteiger partial charge is 0.0558 e. The summed E-state index contributed by atoms with van der Waals surface area (Å²) in [6, 6.07) is 8.02. The van der Waals surface area contributed by atoms with Crippen LogP contribution in [-0.2, 0) is 19.4 Å². The van der Waals surface area contributed by atoms with Crippen LogP contribution in [0.15, 0.2) is 18.2 Å². The largest absolute Gasteiger partial charge is 0.395 e. The lowest BCUT2D eigenvalue weighted by molar-refractivity contribution is 0.159. The Labute approximate surface area is 123 Å². The maximum Gasteiger partial charge on any atom is 0.0558 e. The first-order valence-corrected chi connectivity index (χ1v) is 7.77. The number of rotatable bonds is 6. The molecule has 2 N–H and O–H groups in total.